The van der Waals surface area contributed by atoms with E-state index < -0.39 is 11.8 Å². The molecule has 0 aromatic carbocycles. The van der Waals surface area contributed by atoms with Crippen LogP contribution in [0.25, 0.3) is 0 Å². The van der Waals surface area contributed by atoms with Crippen molar-refractivity contribution in [3.63, 3.8) is 0 Å². The zero-order valence-electron chi connectivity index (χ0n) is 19.9. The van der Waals surface area contributed by atoms with Crippen LogP contribution in [0.15, 0.2) is 0 Å². The van der Waals surface area contributed by atoms with Gasteiger partial charge in [-0.2, -0.15) is 0 Å². The minimum Gasteiger partial charge on any atom is -0.360 e. The summed E-state index contributed by atoms with van der Waals surface area (Å²) in [7, 11) is 0. The normalized spacial score (nSPS) is 18.3. The van der Waals surface area contributed by atoms with Gasteiger partial charge in [-0.3, -0.25) is 4.79 Å². The first-order chi connectivity index (χ1) is 12.4. The van der Waals surface area contributed by atoms with Crippen molar-refractivity contribution in [2.75, 3.05) is 0 Å². The first-order valence-electron chi connectivity index (χ1n) is 10.3. The average Bonchev–Trinajstić information content (AvgIpc) is 2.49. The van der Waals surface area contributed by atoms with Crippen molar-refractivity contribution in [3.8, 4) is 11.8 Å². The molecule has 0 aromatic heterocycles. The fourth-order valence-corrected chi connectivity index (χ4v) is 3.02. The van der Waals surface area contributed by atoms with Gasteiger partial charge in [0.15, 0.2) is 0 Å². The molecule has 0 saturated carbocycles. The van der Waals surface area contributed by atoms with Crippen molar-refractivity contribution in [3.05, 3.63) is 0 Å². The minimum absolute atomic E-state index is 0.0108. The van der Waals surface area contributed by atoms with E-state index in [9.17, 15) is 4.79 Å². The summed E-state index contributed by atoms with van der Waals surface area (Å²) < 4.78 is 6.10. The fraction of sp³-hybridized carbons (Fsp3) is 0.870. The van der Waals surface area contributed by atoms with Gasteiger partial charge in [0.1, 0.15) is 6.23 Å². The molecule has 5 unspecified atom stereocenters. The Balaban J connectivity index is 4.79. The highest BCUT2D eigenvalue weighted by atomic mass is 127. The van der Waals surface area contributed by atoms with Gasteiger partial charge >= 0.3 is 0 Å². The molecule has 0 aliphatic carbocycles. The lowest BCUT2D eigenvalue weighted by molar-refractivity contribution is -0.128. The van der Waals surface area contributed by atoms with Gasteiger partial charge in [0, 0.05) is 26.2 Å². The summed E-state index contributed by atoms with van der Waals surface area (Å²) in [6, 6.07) is 0. The highest BCUT2D eigenvalue weighted by Crippen LogP contribution is 2.31. The average molecular weight is 507 g/mol. The highest BCUT2D eigenvalue weighted by molar-refractivity contribution is 14.1. The summed E-state index contributed by atoms with van der Waals surface area (Å²) in [6.45, 7) is 22.8. The maximum Gasteiger partial charge on any atom is 0.223 e. The monoisotopic (exact) mass is 506 g/mol. The van der Waals surface area contributed by atoms with E-state index >= 15 is 0 Å². The summed E-state index contributed by atoms with van der Waals surface area (Å²) in [6.07, 6.45) is 0.0577. The van der Waals surface area contributed by atoms with Crippen LogP contribution in [0.4, 0.5) is 0 Å². The quantitative estimate of drug-likeness (QED) is 0.197. The van der Waals surface area contributed by atoms with Gasteiger partial charge in [-0.1, -0.05) is 62.1 Å². The topological polar surface area (TPSA) is 64.3 Å². The smallest absolute Gasteiger partial charge is 0.223 e. The van der Waals surface area contributed by atoms with E-state index in [0.717, 1.165) is 0 Å². The van der Waals surface area contributed by atoms with E-state index in [2.05, 4.69) is 81.3 Å². The van der Waals surface area contributed by atoms with Crippen LogP contribution < -0.4 is 11.1 Å². The Labute approximate surface area is 187 Å². The third-order valence-electron chi connectivity index (χ3n) is 5.40. The van der Waals surface area contributed by atoms with Crippen molar-refractivity contribution in [1.29, 1.82) is 0 Å². The molecule has 0 aliphatic rings. The van der Waals surface area contributed by atoms with Crippen LogP contribution in [-0.4, -0.2) is 27.2 Å². The van der Waals surface area contributed by atoms with E-state index in [4.69, 9.17) is 10.5 Å². The Kier molecular flexibility index (Phi) is 10.5. The second-order valence-corrected chi connectivity index (χ2v) is 13.1. The van der Waals surface area contributed by atoms with Crippen LogP contribution >= 0.6 is 22.6 Å². The molecule has 164 valence electrons. The highest BCUT2D eigenvalue weighted by Gasteiger charge is 2.31. The number of rotatable bonds is 9. The lowest BCUT2D eigenvalue weighted by Gasteiger charge is -2.34. The number of hydrogen-bond acceptors (Lipinski definition) is 3. The third kappa shape index (κ3) is 10.5. The van der Waals surface area contributed by atoms with Gasteiger partial charge in [-0.15, -0.1) is 0 Å². The number of nitrogens with two attached hydrogens (primary N) is 1. The van der Waals surface area contributed by atoms with E-state index in [1.54, 1.807) is 0 Å². The molecule has 0 heterocycles. The lowest BCUT2D eigenvalue weighted by Crippen LogP contribution is -2.50. The van der Waals surface area contributed by atoms with Crippen LogP contribution in [0.3, 0.4) is 0 Å². The zero-order chi connectivity index (χ0) is 22.5. The molecule has 1 amide bonds. The first kappa shape index (κ1) is 27.7. The largest absolute Gasteiger partial charge is 0.360 e. The molecule has 0 fully saturated rings. The predicted molar refractivity (Wildman–Crippen MR) is 128 cm³/mol. The molecule has 5 atom stereocenters. The molecular formula is C23H43IN2O2. The molecule has 0 spiro atoms. The van der Waals surface area contributed by atoms with E-state index in [1.165, 1.54) is 0 Å². The Hall–Kier alpha value is -0.320. The summed E-state index contributed by atoms with van der Waals surface area (Å²) in [5, 5.41) is 3.14. The second kappa shape index (κ2) is 10.6. The molecule has 5 heteroatoms. The summed E-state index contributed by atoms with van der Waals surface area (Å²) in [5.74, 6) is 6.70. The molecule has 28 heavy (non-hydrogen) atoms. The van der Waals surface area contributed by atoms with Crippen LogP contribution in [0, 0.1) is 35.0 Å². The van der Waals surface area contributed by atoms with Gasteiger partial charge in [-0.25, -0.2) is 0 Å². The first-order valence-corrected chi connectivity index (χ1v) is 11.4. The van der Waals surface area contributed by atoms with E-state index in [0.29, 0.717) is 12.3 Å². The standard InChI is InChI=1S/C23H43IN2O2/c1-15(14-19(25)28-18(4)17(3)22(8,9)24)20(27)26-23(10,11)16(2)12-13-21(5,6)7/h15-19H,14,25H2,1-11H3,(H,26,27). The Morgan fingerprint density at radius 1 is 1.07 bits per heavy atom. The molecule has 0 rings (SSSR count). The molecule has 4 nitrogen and oxygen atoms in total. The minimum atomic E-state index is -0.460. The number of halogens is 1. The van der Waals surface area contributed by atoms with Crippen molar-refractivity contribution in [2.45, 2.75) is 104 Å². The number of carbonyl (C=O) groups excluding carboxylic acids is 1. The van der Waals surface area contributed by atoms with Crippen molar-refractivity contribution >= 4 is 28.5 Å². The molecule has 3 N–H and O–H groups in total. The summed E-state index contributed by atoms with van der Waals surface area (Å²) >= 11 is 2.44. The van der Waals surface area contributed by atoms with Crippen LogP contribution in [0.2, 0.25) is 0 Å². The Morgan fingerprint density at radius 2 is 1.57 bits per heavy atom. The molecule has 0 aromatic rings. The van der Waals surface area contributed by atoms with Gasteiger partial charge in [0.2, 0.25) is 5.91 Å². The van der Waals surface area contributed by atoms with Gasteiger partial charge in [0.25, 0.3) is 0 Å². The Morgan fingerprint density at radius 3 is 2.00 bits per heavy atom. The third-order valence-corrected chi connectivity index (χ3v) is 6.38. The van der Waals surface area contributed by atoms with Gasteiger partial charge in [-0.05, 0) is 60.8 Å². The molecule has 0 radical (unpaired) electrons. The number of carbonyl (C=O) groups is 1. The van der Waals surface area contributed by atoms with Crippen LogP contribution in [-0.2, 0) is 9.53 Å². The van der Waals surface area contributed by atoms with E-state index in [1.807, 2.05) is 34.6 Å². The predicted octanol–water partition coefficient (Wildman–Crippen LogP) is 5.13. The molecular weight excluding hydrogens is 463 g/mol. The SMILES string of the molecule is CC(CC(N)OC(C)C(C)C(C)(C)I)C(=O)NC(C)(C)C(C)C#CC(C)(C)C. The fourth-order valence-electron chi connectivity index (χ4n) is 2.52. The second-order valence-electron chi connectivity index (χ2n) is 10.3. The van der Waals surface area contributed by atoms with Crippen LogP contribution in [0.1, 0.15) is 82.6 Å². The summed E-state index contributed by atoms with van der Waals surface area (Å²) in [5.41, 5.74) is 5.72. The zero-order valence-corrected chi connectivity index (χ0v) is 22.0. The molecule has 0 saturated heterocycles. The maximum atomic E-state index is 12.7. The Bertz CT molecular complexity index is 564. The number of ether oxygens (including phenoxy) is 1. The molecule has 0 aliphatic heterocycles. The van der Waals surface area contributed by atoms with E-state index in [-0.39, 0.29) is 32.7 Å². The van der Waals surface area contributed by atoms with Crippen molar-refractivity contribution < 1.29 is 9.53 Å². The van der Waals surface area contributed by atoms with Crippen molar-refractivity contribution in [1.82, 2.24) is 5.32 Å². The number of hydrogen-bond donors (Lipinski definition) is 2. The van der Waals surface area contributed by atoms with Gasteiger partial charge < -0.3 is 15.8 Å². The number of nitrogens with one attached hydrogen (secondary N) is 1. The number of alkyl halides is 1. The van der Waals surface area contributed by atoms with Crippen molar-refractivity contribution in [2.24, 2.45) is 28.9 Å². The molecule has 0 bridgehead atoms. The number of amides is 1. The lowest BCUT2D eigenvalue weighted by atomic mass is 9.87. The van der Waals surface area contributed by atoms with Crippen LogP contribution in [0.5, 0.6) is 0 Å². The maximum absolute atomic E-state index is 12.7. The summed E-state index contributed by atoms with van der Waals surface area (Å²) in [4.78, 5) is 12.7. The van der Waals surface area contributed by atoms with Gasteiger partial charge in [0.05, 0.1) is 6.10 Å².